The average Bonchev–Trinajstić information content (AvgIpc) is 2.76. The molecule has 96 valence electrons. The van der Waals surface area contributed by atoms with Crippen LogP contribution in [0.4, 0.5) is 0 Å². The molecular weight excluding hydrogens is 240 g/mol. The molecule has 3 rings (SSSR count). The van der Waals surface area contributed by atoms with Crippen LogP contribution in [0.3, 0.4) is 0 Å². The molecule has 19 heavy (non-hydrogen) atoms. The summed E-state index contributed by atoms with van der Waals surface area (Å²) in [5, 5.41) is 13.0. The van der Waals surface area contributed by atoms with Gasteiger partial charge < -0.3 is 10.4 Å². The lowest BCUT2D eigenvalue weighted by atomic mass is 10.1. The zero-order valence-corrected chi connectivity index (χ0v) is 10.3. The number of benzene rings is 1. The normalized spacial score (nSPS) is 20.9. The van der Waals surface area contributed by atoms with Gasteiger partial charge in [0.25, 0.3) is 5.91 Å². The number of aromatic nitrogens is 1. The van der Waals surface area contributed by atoms with Crippen molar-refractivity contribution in [3.63, 3.8) is 0 Å². The Labute approximate surface area is 111 Å². The maximum atomic E-state index is 12.1. The minimum Gasteiger partial charge on any atom is -0.390 e. The Morgan fingerprint density at radius 3 is 2.74 bits per heavy atom. The number of pyridine rings is 1. The van der Waals surface area contributed by atoms with Gasteiger partial charge in [0.1, 0.15) is 0 Å². The second kappa shape index (κ2) is 4.82. The van der Waals surface area contributed by atoms with Gasteiger partial charge in [0.15, 0.2) is 0 Å². The number of fused-ring (bicyclic) bond motifs is 1. The predicted molar refractivity (Wildman–Crippen MR) is 70.6 cm³/mol. The Kier molecular flexibility index (Phi) is 3.01. The standard InChI is InChI=1S/C15H14N2O2/c18-13-9-11-3-1-2-4-12(11)14(13)17-15(19)10-5-7-16-8-6-10/h1-8,13-14,18H,9H2,(H,17,19)/t13-,14+/m0/s1. The summed E-state index contributed by atoms with van der Waals surface area (Å²) < 4.78 is 0. The molecule has 4 heteroatoms. The second-order valence-electron chi connectivity index (χ2n) is 4.66. The van der Waals surface area contributed by atoms with E-state index < -0.39 is 6.10 Å². The third-order valence-electron chi connectivity index (χ3n) is 3.43. The third kappa shape index (κ3) is 2.22. The fourth-order valence-corrected chi connectivity index (χ4v) is 2.48. The van der Waals surface area contributed by atoms with Crippen LogP contribution in [0.15, 0.2) is 48.8 Å². The van der Waals surface area contributed by atoms with Crippen LogP contribution in [0.25, 0.3) is 0 Å². The molecule has 0 fully saturated rings. The molecule has 2 atom stereocenters. The zero-order chi connectivity index (χ0) is 13.2. The molecule has 2 aromatic rings. The van der Waals surface area contributed by atoms with Crippen molar-refractivity contribution in [3.05, 3.63) is 65.5 Å². The molecule has 1 amide bonds. The monoisotopic (exact) mass is 254 g/mol. The lowest BCUT2D eigenvalue weighted by molar-refractivity contribution is 0.0858. The third-order valence-corrected chi connectivity index (χ3v) is 3.43. The highest BCUT2D eigenvalue weighted by Gasteiger charge is 2.31. The number of amides is 1. The molecule has 0 bridgehead atoms. The summed E-state index contributed by atoms with van der Waals surface area (Å²) in [6.45, 7) is 0. The first-order chi connectivity index (χ1) is 9.25. The zero-order valence-electron chi connectivity index (χ0n) is 10.3. The van der Waals surface area contributed by atoms with E-state index in [2.05, 4.69) is 10.3 Å². The molecule has 0 spiro atoms. The minimum absolute atomic E-state index is 0.192. The SMILES string of the molecule is O=C(N[C@@H]1c2ccccc2C[C@@H]1O)c1ccncc1. The van der Waals surface area contributed by atoms with Crippen LogP contribution in [-0.4, -0.2) is 22.1 Å². The van der Waals surface area contributed by atoms with Gasteiger partial charge in [0, 0.05) is 24.4 Å². The molecule has 1 aliphatic rings. The highest BCUT2D eigenvalue weighted by molar-refractivity contribution is 5.94. The summed E-state index contributed by atoms with van der Waals surface area (Å²) in [5.74, 6) is -0.192. The Morgan fingerprint density at radius 2 is 1.95 bits per heavy atom. The van der Waals surface area contributed by atoms with E-state index in [4.69, 9.17) is 0 Å². The molecule has 1 aliphatic carbocycles. The molecule has 0 aliphatic heterocycles. The van der Waals surface area contributed by atoms with Crippen LogP contribution in [0, 0.1) is 0 Å². The molecule has 2 N–H and O–H groups in total. The predicted octanol–water partition coefficient (Wildman–Crippen LogP) is 1.47. The molecule has 0 saturated heterocycles. The highest BCUT2D eigenvalue weighted by atomic mass is 16.3. The molecule has 1 aromatic carbocycles. The van der Waals surface area contributed by atoms with Gasteiger partial charge in [0.05, 0.1) is 12.1 Å². The fraction of sp³-hybridized carbons (Fsp3) is 0.200. The summed E-state index contributed by atoms with van der Waals surface area (Å²) in [6, 6.07) is 10.8. The van der Waals surface area contributed by atoms with Gasteiger partial charge in [-0.1, -0.05) is 24.3 Å². The van der Waals surface area contributed by atoms with Gasteiger partial charge in [-0.2, -0.15) is 0 Å². The van der Waals surface area contributed by atoms with Crippen LogP contribution in [0.2, 0.25) is 0 Å². The van der Waals surface area contributed by atoms with Crippen molar-refractivity contribution in [1.82, 2.24) is 10.3 Å². The van der Waals surface area contributed by atoms with E-state index in [9.17, 15) is 9.90 Å². The number of rotatable bonds is 2. The summed E-state index contributed by atoms with van der Waals surface area (Å²) in [6.07, 6.45) is 3.17. The van der Waals surface area contributed by atoms with Gasteiger partial charge in [-0.25, -0.2) is 0 Å². The highest BCUT2D eigenvalue weighted by Crippen LogP contribution is 2.31. The lowest BCUT2D eigenvalue weighted by Gasteiger charge is -2.17. The Balaban J connectivity index is 1.82. The number of carbonyl (C=O) groups excluding carboxylic acids is 1. The van der Waals surface area contributed by atoms with Crippen molar-refractivity contribution < 1.29 is 9.90 Å². The number of aliphatic hydroxyl groups is 1. The van der Waals surface area contributed by atoms with E-state index in [-0.39, 0.29) is 11.9 Å². The van der Waals surface area contributed by atoms with Crippen LogP contribution in [0.1, 0.15) is 27.5 Å². The molecule has 0 saturated carbocycles. The number of aliphatic hydroxyl groups excluding tert-OH is 1. The van der Waals surface area contributed by atoms with E-state index >= 15 is 0 Å². The van der Waals surface area contributed by atoms with Crippen molar-refractivity contribution in [3.8, 4) is 0 Å². The quantitative estimate of drug-likeness (QED) is 0.853. The first kappa shape index (κ1) is 11.9. The number of hydrogen-bond acceptors (Lipinski definition) is 3. The Morgan fingerprint density at radius 1 is 1.21 bits per heavy atom. The number of carbonyl (C=O) groups is 1. The summed E-state index contributed by atoms with van der Waals surface area (Å²) in [7, 11) is 0. The number of nitrogens with one attached hydrogen (secondary N) is 1. The topological polar surface area (TPSA) is 62.2 Å². The van der Waals surface area contributed by atoms with E-state index in [1.807, 2.05) is 24.3 Å². The molecule has 0 unspecified atom stereocenters. The first-order valence-corrected chi connectivity index (χ1v) is 6.22. The maximum Gasteiger partial charge on any atom is 0.251 e. The average molecular weight is 254 g/mol. The van der Waals surface area contributed by atoms with Crippen LogP contribution >= 0.6 is 0 Å². The van der Waals surface area contributed by atoms with Crippen molar-refractivity contribution in [2.45, 2.75) is 18.6 Å². The van der Waals surface area contributed by atoms with Crippen molar-refractivity contribution in [2.75, 3.05) is 0 Å². The summed E-state index contributed by atoms with van der Waals surface area (Å²) in [5.41, 5.74) is 2.64. The second-order valence-corrected chi connectivity index (χ2v) is 4.66. The molecule has 0 radical (unpaired) electrons. The van der Waals surface area contributed by atoms with Gasteiger partial charge in [-0.05, 0) is 23.3 Å². The maximum absolute atomic E-state index is 12.1. The van der Waals surface area contributed by atoms with Crippen LogP contribution < -0.4 is 5.32 Å². The van der Waals surface area contributed by atoms with E-state index in [0.29, 0.717) is 12.0 Å². The summed E-state index contributed by atoms with van der Waals surface area (Å²) >= 11 is 0. The first-order valence-electron chi connectivity index (χ1n) is 6.22. The van der Waals surface area contributed by atoms with E-state index in [0.717, 1.165) is 11.1 Å². The number of hydrogen-bond donors (Lipinski definition) is 2. The molecule has 1 heterocycles. The van der Waals surface area contributed by atoms with E-state index in [1.54, 1.807) is 24.5 Å². The van der Waals surface area contributed by atoms with Crippen LogP contribution in [-0.2, 0) is 6.42 Å². The van der Waals surface area contributed by atoms with E-state index in [1.165, 1.54) is 0 Å². The molecule has 1 aromatic heterocycles. The Hall–Kier alpha value is -2.20. The largest absolute Gasteiger partial charge is 0.390 e. The van der Waals surface area contributed by atoms with Gasteiger partial charge in [-0.15, -0.1) is 0 Å². The fourth-order valence-electron chi connectivity index (χ4n) is 2.48. The molecule has 4 nitrogen and oxygen atoms in total. The van der Waals surface area contributed by atoms with Crippen molar-refractivity contribution in [2.24, 2.45) is 0 Å². The van der Waals surface area contributed by atoms with Crippen molar-refractivity contribution >= 4 is 5.91 Å². The van der Waals surface area contributed by atoms with Crippen LogP contribution in [0.5, 0.6) is 0 Å². The van der Waals surface area contributed by atoms with Crippen molar-refractivity contribution in [1.29, 1.82) is 0 Å². The van der Waals surface area contributed by atoms with Gasteiger partial charge >= 0.3 is 0 Å². The minimum atomic E-state index is -0.566. The smallest absolute Gasteiger partial charge is 0.251 e. The Bertz CT molecular complexity index is 598. The van der Waals surface area contributed by atoms with Gasteiger partial charge in [0.2, 0.25) is 0 Å². The lowest BCUT2D eigenvalue weighted by Crippen LogP contribution is -2.33. The number of nitrogens with zero attached hydrogens (tertiary/aromatic N) is 1. The van der Waals surface area contributed by atoms with Gasteiger partial charge in [-0.3, -0.25) is 9.78 Å². The summed E-state index contributed by atoms with van der Waals surface area (Å²) in [4.78, 5) is 16.0. The molecular formula is C15H14N2O2.